The maximum absolute atomic E-state index is 12.6. The van der Waals surface area contributed by atoms with Gasteiger partial charge in [0.2, 0.25) is 11.8 Å². The summed E-state index contributed by atoms with van der Waals surface area (Å²) in [5.74, 6) is -2.25. The van der Waals surface area contributed by atoms with E-state index in [4.69, 9.17) is 15.9 Å². The molecule has 2 rings (SSSR count). The van der Waals surface area contributed by atoms with Crippen LogP contribution in [0.5, 0.6) is 5.75 Å². The van der Waals surface area contributed by atoms with Crippen molar-refractivity contribution in [1.29, 1.82) is 0 Å². The fraction of sp³-hybridized carbons (Fsp3) is 0.471. The first kappa shape index (κ1) is 19.7. The zero-order valence-electron chi connectivity index (χ0n) is 14.2. The smallest absolute Gasteiger partial charge is 0.328 e. The Balaban J connectivity index is 2.01. The molecule has 1 fully saturated rings. The highest BCUT2D eigenvalue weighted by atomic mass is 16.4. The molecule has 1 saturated heterocycles. The Morgan fingerprint density at radius 2 is 1.92 bits per heavy atom. The van der Waals surface area contributed by atoms with Crippen molar-refractivity contribution >= 4 is 17.8 Å². The van der Waals surface area contributed by atoms with Crippen LogP contribution in [0.3, 0.4) is 0 Å². The van der Waals surface area contributed by atoms with Gasteiger partial charge in [0.05, 0.1) is 12.6 Å². The predicted octanol–water partition coefficient (Wildman–Crippen LogP) is -1.19. The van der Waals surface area contributed by atoms with Gasteiger partial charge in [0.1, 0.15) is 17.8 Å². The van der Waals surface area contributed by atoms with Crippen LogP contribution in [-0.2, 0) is 20.8 Å². The minimum atomic E-state index is -1.41. The first-order chi connectivity index (χ1) is 12.3. The highest BCUT2D eigenvalue weighted by molar-refractivity contribution is 5.92. The van der Waals surface area contributed by atoms with Crippen LogP contribution in [0, 0.1) is 0 Å². The number of benzene rings is 1. The predicted molar refractivity (Wildman–Crippen MR) is 91.2 cm³/mol. The number of carbonyl (C=O) groups excluding carboxylic acids is 2. The van der Waals surface area contributed by atoms with E-state index in [0.717, 1.165) is 5.56 Å². The molecule has 2 amide bonds. The molecule has 1 aromatic rings. The molecule has 0 spiro atoms. The van der Waals surface area contributed by atoms with Crippen LogP contribution in [0.1, 0.15) is 18.4 Å². The number of nitrogens with two attached hydrogens (primary N) is 1. The van der Waals surface area contributed by atoms with Gasteiger partial charge >= 0.3 is 5.97 Å². The van der Waals surface area contributed by atoms with Gasteiger partial charge in [-0.15, -0.1) is 0 Å². The lowest BCUT2D eigenvalue weighted by Crippen LogP contribution is -2.54. The normalized spacial score (nSPS) is 19.0. The number of carboxylic acids is 1. The number of carbonyl (C=O) groups is 3. The lowest BCUT2D eigenvalue weighted by atomic mass is 10.0. The summed E-state index contributed by atoms with van der Waals surface area (Å²) in [5, 5.41) is 29.5. The molecule has 9 heteroatoms. The van der Waals surface area contributed by atoms with Gasteiger partial charge in [0.15, 0.2) is 0 Å². The first-order valence-corrected chi connectivity index (χ1v) is 8.31. The second-order valence-electron chi connectivity index (χ2n) is 6.25. The van der Waals surface area contributed by atoms with Crippen molar-refractivity contribution in [3.05, 3.63) is 29.8 Å². The Labute approximate surface area is 150 Å². The maximum Gasteiger partial charge on any atom is 0.328 e. The summed E-state index contributed by atoms with van der Waals surface area (Å²) in [6, 6.07) is 3.25. The highest BCUT2D eigenvalue weighted by Gasteiger charge is 2.37. The number of amides is 2. The molecule has 0 saturated carbocycles. The number of hydrogen-bond acceptors (Lipinski definition) is 6. The van der Waals surface area contributed by atoms with Gasteiger partial charge in [-0.2, -0.15) is 0 Å². The van der Waals surface area contributed by atoms with Gasteiger partial charge in [0, 0.05) is 6.54 Å². The molecule has 1 aliphatic rings. The molecule has 0 aromatic heterocycles. The lowest BCUT2D eigenvalue weighted by molar-refractivity contribution is -0.145. The Morgan fingerprint density at radius 3 is 2.50 bits per heavy atom. The van der Waals surface area contributed by atoms with Gasteiger partial charge in [-0.25, -0.2) is 4.79 Å². The molecule has 9 nitrogen and oxygen atoms in total. The number of aliphatic carboxylic acids is 1. The summed E-state index contributed by atoms with van der Waals surface area (Å²) in [6.07, 6.45) is 1.26. The van der Waals surface area contributed by atoms with E-state index >= 15 is 0 Å². The number of phenols is 1. The van der Waals surface area contributed by atoms with Crippen molar-refractivity contribution in [2.45, 2.75) is 37.4 Å². The summed E-state index contributed by atoms with van der Waals surface area (Å²) in [4.78, 5) is 37.2. The highest BCUT2D eigenvalue weighted by Crippen LogP contribution is 2.20. The van der Waals surface area contributed by atoms with Crippen molar-refractivity contribution in [3.8, 4) is 5.75 Å². The number of phenolic OH excluding ortho intramolecular Hbond substituents is 1. The molecule has 0 bridgehead atoms. The van der Waals surface area contributed by atoms with Gasteiger partial charge in [-0.3, -0.25) is 9.59 Å². The molecular weight excluding hydrogens is 342 g/mol. The second-order valence-corrected chi connectivity index (χ2v) is 6.25. The van der Waals surface area contributed by atoms with Gasteiger partial charge in [-0.1, -0.05) is 12.1 Å². The third-order valence-electron chi connectivity index (χ3n) is 4.34. The Bertz CT molecular complexity index is 663. The van der Waals surface area contributed by atoms with Crippen LogP contribution in [0.4, 0.5) is 0 Å². The number of aliphatic hydroxyl groups is 1. The fourth-order valence-electron chi connectivity index (χ4n) is 2.94. The summed E-state index contributed by atoms with van der Waals surface area (Å²) in [7, 11) is 0. The van der Waals surface area contributed by atoms with Gasteiger partial charge in [-0.05, 0) is 37.0 Å². The number of hydrogen-bond donors (Lipinski definition) is 5. The monoisotopic (exact) mass is 365 g/mol. The van der Waals surface area contributed by atoms with Crippen molar-refractivity contribution in [2.24, 2.45) is 5.73 Å². The van der Waals surface area contributed by atoms with Crippen LogP contribution in [0.25, 0.3) is 0 Å². The van der Waals surface area contributed by atoms with Crippen molar-refractivity contribution in [3.63, 3.8) is 0 Å². The van der Waals surface area contributed by atoms with E-state index in [1.54, 1.807) is 12.1 Å². The molecule has 0 radical (unpaired) electrons. The number of aromatic hydroxyl groups is 1. The number of likely N-dealkylation sites (tertiary alicyclic amines) is 1. The number of rotatable bonds is 7. The summed E-state index contributed by atoms with van der Waals surface area (Å²) >= 11 is 0. The standard InChI is InChI=1S/C17H23N3O6/c18-12(8-10-3-5-11(22)6-4-10)16(24)20-7-1-2-14(20)15(23)19-13(9-21)17(25)26/h3-6,12-14,21-22H,1-2,7-9,18H2,(H,19,23)(H,25,26). The molecule has 26 heavy (non-hydrogen) atoms. The maximum atomic E-state index is 12.6. The Morgan fingerprint density at radius 1 is 1.27 bits per heavy atom. The third-order valence-corrected chi connectivity index (χ3v) is 4.34. The molecule has 1 aliphatic heterocycles. The first-order valence-electron chi connectivity index (χ1n) is 8.31. The number of carboxylic acid groups (broad SMARTS) is 1. The van der Waals surface area contributed by atoms with Crippen LogP contribution in [0.2, 0.25) is 0 Å². The van der Waals surface area contributed by atoms with E-state index in [-0.39, 0.29) is 12.2 Å². The zero-order valence-corrected chi connectivity index (χ0v) is 14.2. The van der Waals surface area contributed by atoms with Crippen molar-refractivity contribution in [1.82, 2.24) is 10.2 Å². The average Bonchev–Trinajstić information content (AvgIpc) is 3.10. The topological polar surface area (TPSA) is 153 Å². The lowest BCUT2D eigenvalue weighted by Gasteiger charge is -2.27. The molecule has 1 heterocycles. The van der Waals surface area contributed by atoms with Crippen LogP contribution in [0.15, 0.2) is 24.3 Å². The van der Waals surface area contributed by atoms with Crippen molar-refractivity contribution in [2.75, 3.05) is 13.2 Å². The molecular formula is C17H23N3O6. The van der Waals surface area contributed by atoms with Crippen LogP contribution in [-0.4, -0.2) is 69.3 Å². The molecule has 3 atom stereocenters. The molecule has 0 aliphatic carbocycles. The SMILES string of the molecule is NC(Cc1ccc(O)cc1)C(=O)N1CCCC1C(=O)NC(CO)C(=O)O. The van der Waals surface area contributed by atoms with E-state index in [2.05, 4.69) is 5.32 Å². The van der Waals surface area contributed by atoms with E-state index in [9.17, 15) is 19.5 Å². The Kier molecular flexibility index (Phi) is 6.53. The minimum absolute atomic E-state index is 0.113. The second kappa shape index (κ2) is 8.63. The largest absolute Gasteiger partial charge is 0.508 e. The summed E-state index contributed by atoms with van der Waals surface area (Å²) in [5.41, 5.74) is 6.76. The molecule has 6 N–H and O–H groups in total. The fourth-order valence-corrected chi connectivity index (χ4v) is 2.94. The number of nitrogens with one attached hydrogen (secondary N) is 1. The Hall–Kier alpha value is -2.65. The number of aliphatic hydroxyl groups excluding tert-OH is 1. The third kappa shape index (κ3) is 4.70. The van der Waals surface area contributed by atoms with Crippen LogP contribution < -0.4 is 11.1 Å². The van der Waals surface area contributed by atoms with Crippen LogP contribution >= 0.6 is 0 Å². The average molecular weight is 365 g/mol. The molecule has 1 aromatic carbocycles. The van der Waals surface area contributed by atoms with E-state index in [1.165, 1.54) is 17.0 Å². The van der Waals surface area contributed by atoms with Gasteiger partial charge < -0.3 is 31.3 Å². The molecule has 3 unspecified atom stereocenters. The molecule has 142 valence electrons. The zero-order chi connectivity index (χ0) is 19.3. The van der Waals surface area contributed by atoms with Gasteiger partial charge in [0.25, 0.3) is 0 Å². The van der Waals surface area contributed by atoms with Crippen molar-refractivity contribution < 1.29 is 29.7 Å². The minimum Gasteiger partial charge on any atom is -0.508 e. The summed E-state index contributed by atoms with van der Waals surface area (Å²) < 4.78 is 0. The van der Waals surface area contributed by atoms with E-state index in [0.29, 0.717) is 19.4 Å². The van der Waals surface area contributed by atoms with E-state index < -0.39 is 42.5 Å². The summed E-state index contributed by atoms with van der Waals surface area (Å²) in [6.45, 7) is -0.376. The quantitative estimate of drug-likeness (QED) is 0.407. The number of nitrogens with zero attached hydrogens (tertiary/aromatic N) is 1. The van der Waals surface area contributed by atoms with E-state index in [1.807, 2.05) is 0 Å².